The summed E-state index contributed by atoms with van der Waals surface area (Å²) in [5.74, 6) is 0.820. The zero-order valence-corrected chi connectivity index (χ0v) is 12.3. The molecule has 2 heterocycles. The molecular weight excluding hydrogens is 320 g/mol. The summed E-state index contributed by atoms with van der Waals surface area (Å²) in [6.07, 6.45) is 3.76. The van der Waals surface area contributed by atoms with Gasteiger partial charge < -0.3 is 9.64 Å². The maximum absolute atomic E-state index is 12.5. The molecule has 0 unspecified atom stereocenters. The van der Waals surface area contributed by atoms with Crippen molar-refractivity contribution in [1.29, 1.82) is 0 Å². The van der Waals surface area contributed by atoms with Crippen LogP contribution in [-0.4, -0.2) is 24.0 Å². The second-order valence-corrected chi connectivity index (χ2v) is 5.47. The van der Waals surface area contributed by atoms with Crippen molar-refractivity contribution in [3.8, 4) is 5.75 Å². The minimum atomic E-state index is 0.0562. The van der Waals surface area contributed by atoms with E-state index >= 15 is 0 Å². The summed E-state index contributed by atoms with van der Waals surface area (Å²) in [4.78, 5) is 18.3. The van der Waals surface area contributed by atoms with Gasteiger partial charge in [0.2, 0.25) is 5.91 Å². The lowest BCUT2D eigenvalue weighted by molar-refractivity contribution is -0.118. The zero-order chi connectivity index (χ0) is 13.9. The number of fused-ring (bicyclic) bond motifs is 1. The molecule has 0 radical (unpaired) electrons. The second-order valence-electron chi connectivity index (χ2n) is 4.55. The number of carbonyl (C=O) groups is 1. The van der Waals surface area contributed by atoms with Gasteiger partial charge in [0.25, 0.3) is 0 Å². The van der Waals surface area contributed by atoms with Gasteiger partial charge in [0.05, 0.1) is 18.7 Å². The second kappa shape index (κ2) is 5.63. The smallest absolute Gasteiger partial charge is 0.231 e. The number of ether oxygens (including phenoxy) is 1. The summed E-state index contributed by atoms with van der Waals surface area (Å²) in [6.45, 7) is 1.11. The van der Waals surface area contributed by atoms with Gasteiger partial charge in [-0.15, -0.1) is 0 Å². The standard InChI is InChI=1S/C15H13BrN2O2/c16-12-7-11(9-17-10-12)8-15(19)18-5-6-20-14-4-2-1-3-13(14)18/h1-4,7,9-10H,5-6,8H2. The Balaban J connectivity index is 1.82. The van der Waals surface area contributed by atoms with Crippen LogP contribution in [0.3, 0.4) is 0 Å². The number of halogens is 1. The largest absolute Gasteiger partial charge is 0.490 e. The van der Waals surface area contributed by atoms with Crippen molar-refractivity contribution >= 4 is 27.5 Å². The topological polar surface area (TPSA) is 42.4 Å². The van der Waals surface area contributed by atoms with E-state index in [-0.39, 0.29) is 5.91 Å². The average Bonchev–Trinajstić information content (AvgIpc) is 2.46. The SMILES string of the molecule is O=C(Cc1cncc(Br)c1)N1CCOc2ccccc21. The van der Waals surface area contributed by atoms with Gasteiger partial charge in [-0.25, -0.2) is 0 Å². The molecular formula is C15H13BrN2O2. The lowest BCUT2D eigenvalue weighted by Crippen LogP contribution is -2.38. The molecule has 0 atom stereocenters. The van der Waals surface area contributed by atoms with E-state index in [1.165, 1.54) is 0 Å². The van der Waals surface area contributed by atoms with E-state index in [0.29, 0.717) is 19.6 Å². The number of carbonyl (C=O) groups excluding carboxylic acids is 1. The molecule has 0 aliphatic carbocycles. The number of amides is 1. The van der Waals surface area contributed by atoms with Gasteiger partial charge in [-0.3, -0.25) is 9.78 Å². The summed E-state index contributed by atoms with van der Waals surface area (Å²) < 4.78 is 6.44. The van der Waals surface area contributed by atoms with Crippen LogP contribution in [0.4, 0.5) is 5.69 Å². The van der Waals surface area contributed by atoms with Crippen molar-refractivity contribution in [3.05, 3.63) is 52.8 Å². The third-order valence-corrected chi connectivity index (χ3v) is 3.58. The highest BCUT2D eigenvalue weighted by molar-refractivity contribution is 9.10. The molecule has 0 saturated carbocycles. The Morgan fingerprint density at radius 1 is 1.35 bits per heavy atom. The molecule has 4 nitrogen and oxygen atoms in total. The number of para-hydroxylation sites is 2. The Hall–Kier alpha value is -1.88. The zero-order valence-electron chi connectivity index (χ0n) is 10.8. The number of hydrogen-bond donors (Lipinski definition) is 0. The summed E-state index contributed by atoms with van der Waals surface area (Å²) in [7, 11) is 0. The quantitative estimate of drug-likeness (QED) is 0.849. The highest BCUT2D eigenvalue weighted by Crippen LogP contribution is 2.31. The number of nitrogens with zero attached hydrogens (tertiary/aromatic N) is 2. The van der Waals surface area contributed by atoms with Crippen molar-refractivity contribution in [1.82, 2.24) is 4.98 Å². The van der Waals surface area contributed by atoms with Crippen LogP contribution < -0.4 is 9.64 Å². The van der Waals surface area contributed by atoms with E-state index in [1.54, 1.807) is 17.3 Å². The van der Waals surface area contributed by atoms with Crippen LogP contribution in [0.15, 0.2) is 47.2 Å². The Labute approximate surface area is 125 Å². The Morgan fingerprint density at radius 3 is 3.05 bits per heavy atom. The van der Waals surface area contributed by atoms with Crippen LogP contribution in [-0.2, 0) is 11.2 Å². The fraction of sp³-hybridized carbons (Fsp3) is 0.200. The van der Waals surface area contributed by atoms with E-state index < -0.39 is 0 Å². The van der Waals surface area contributed by atoms with Crippen LogP contribution in [0.25, 0.3) is 0 Å². The van der Waals surface area contributed by atoms with Crippen molar-refractivity contribution in [2.75, 3.05) is 18.1 Å². The number of anilines is 1. The van der Waals surface area contributed by atoms with Gasteiger partial charge >= 0.3 is 0 Å². The van der Waals surface area contributed by atoms with Crippen LogP contribution in [0.5, 0.6) is 5.75 Å². The minimum Gasteiger partial charge on any atom is -0.490 e. The Kier molecular flexibility index (Phi) is 3.69. The summed E-state index contributed by atoms with van der Waals surface area (Å²) >= 11 is 3.37. The molecule has 0 fully saturated rings. The molecule has 0 spiro atoms. The maximum Gasteiger partial charge on any atom is 0.231 e. The fourth-order valence-electron chi connectivity index (χ4n) is 2.25. The molecule has 3 rings (SSSR count). The monoisotopic (exact) mass is 332 g/mol. The molecule has 5 heteroatoms. The summed E-state index contributed by atoms with van der Waals surface area (Å²) in [6, 6.07) is 9.53. The third-order valence-electron chi connectivity index (χ3n) is 3.15. The van der Waals surface area contributed by atoms with Crippen LogP contribution in [0.1, 0.15) is 5.56 Å². The first-order valence-corrected chi connectivity index (χ1v) is 7.15. The first-order valence-electron chi connectivity index (χ1n) is 6.35. The fourth-order valence-corrected chi connectivity index (χ4v) is 2.66. The molecule has 20 heavy (non-hydrogen) atoms. The lowest BCUT2D eigenvalue weighted by atomic mass is 10.1. The first-order chi connectivity index (χ1) is 9.74. The van der Waals surface area contributed by atoms with Crippen molar-refractivity contribution in [2.24, 2.45) is 0 Å². The van der Waals surface area contributed by atoms with Gasteiger partial charge in [-0.1, -0.05) is 12.1 Å². The summed E-state index contributed by atoms with van der Waals surface area (Å²) in [5, 5.41) is 0. The number of pyridine rings is 1. The van der Waals surface area contributed by atoms with E-state index in [0.717, 1.165) is 21.5 Å². The number of hydrogen-bond acceptors (Lipinski definition) is 3. The van der Waals surface area contributed by atoms with Gasteiger partial charge in [-0.2, -0.15) is 0 Å². The molecule has 0 N–H and O–H groups in total. The molecule has 1 aliphatic heterocycles. The number of aromatic nitrogens is 1. The van der Waals surface area contributed by atoms with Gasteiger partial charge in [-0.05, 0) is 39.7 Å². The van der Waals surface area contributed by atoms with Gasteiger partial charge in [0.1, 0.15) is 12.4 Å². The Morgan fingerprint density at radius 2 is 2.20 bits per heavy atom. The molecule has 0 bridgehead atoms. The predicted octanol–water partition coefficient (Wildman–Crippen LogP) is 2.81. The van der Waals surface area contributed by atoms with E-state index in [4.69, 9.17) is 4.74 Å². The number of rotatable bonds is 2. The highest BCUT2D eigenvalue weighted by Gasteiger charge is 2.23. The first kappa shape index (κ1) is 13.1. The van der Waals surface area contributed by atoms with Crippen LogP contribution in [0, 0.1) is 0 Å². The minimum absolute atomic E-state index is 0.0562. The molecule has 1 aromatic heterocycles. The molecule has 0 saturated heterocycles. The van der Waals surface area contributed by atoms with Gasteiger partial charge in [0.15, 0.2) is 0 Å². The average molecular weight is 333 g/mol. The normalized spacial score (nSPS) is 13.6. The Bertz CT molecular complexity index is 645. The molecule has 1 aliphatic rings. The number of benzene rings is 1. The van der Waals surface area contributed by atoms with E-state index in [9.17, 15) is 4.79 Å². The summed E-state index contributed by atoms with van der Waals surface area (Å²) in [5.41, 5.74) is 1.74. The maximum atomic E-state index is 12.5. The predicted molar refractivity (Wildman–Crippen MR) is 79.9 cm³/mol. The third kappa shape index (κ3) is 2.67. The van der Waals surface area contributed by atoms with Gasteiger partial charge in [0, 0.05) is 16.9 Å². The van der Waals surface area contributed by atoms with Crippen LogP contribution in [0.2, 0.25) is 0 Å². The van der Waals surface area contributed by atoms with Crippen molar-refractivity contribution in [2.45, 2.75) is 6.42 Å². The lowest BCUT2D eigenvalue weighted by Gasteiger charge is -2.29. The molecule has 102 valence electrons. The van der Waals surface area contributed by atoms with Crippen molar-refractivity contribution < 1.29 is 9.53 Å². The van der Waals surface area contributed by atoms with E-state index in [1.807, 2.05) is 30.3 Å². The van der Waals surface area contributed by atoms with Crippen molar-refractivity contribution in [3.63, 3.8) is 0 Å². The molecule has 2 aromatic rings. The molecule has 1 amide bonds. The van der Waals surface area contributed by atoms with Crippen LogP contribution >= 0.6 is 15.9 Å². The highest BCUT2D eigenvalue weighted by atomic mass is 79.9. The molecule has 1 aromatic carbocycles. The van der Waals surface area contributed by atoms with E-state index in [2.05, 4.69) is 20.9 Å².